The Bertz CT molecular complexity index is 1130. The SMILES string of the molecule is COc1cccc(Oc2ccc([C@H](CC(=O)O)NC(=O)NC3C(=O)C=C(C)N(C)C3=O)cc2)c1.[NaH]. The third kappa shape index (κ3) is 7.32. The van der Waals surface area contributed by atoms with E-state index in [2.05, 4.69) is 10.6 Å². The van der Waals surface area contributed by atoms with Crippen LogP contribution in [-0.4, -0.2) is 83.5 Å². The molecule has 0 aliphatic carbocycles. The van der Waals surface area contributed by atoms with E-state index in [0.717, 1.165) is 0 Å². The number of hydrogen-bond acceptors (Lipinski definition) is 6. The van der Waals surface area contributed by atoms with Crippen LogP contribution in [0.3, 0.4) is 0 Å². The summed E-state index contributed by atoms with van der Waals surface area (Å²) in [6.07, 6.45) is 0.858. The van der Waals surface area contributed by atoms with E-state index in [0.29, 0.717) is 28.5 Å². The van der Waals surface area contributed by atoms with Crippen LogP contribution in [0.5, 0.6) is 17.2 Å². The van der Waals surface area contributed by atoms with E-state index in [1.807, 2.05) is 0 Å². The Kier molecular flexibility index (Phi) is 9.88. The van der Waals surface area contributed by atoms with E-state index >= 15 is 0 Å². The number of nitrogens with one attached hydrogen (secondary N) is 2. The van der Waals surface area contributed by atoms with Crippen LogP contribution in [0.15, 0.2) is 60.3 Å². The molecule has 11 heteroatoms. The number of ether oxygens (including phenoxy) is 2. The molecule has 0 fully saturated rings. The summed E-state index contributed by atoms with van der Waals surface area (Å²) in [6.45, 7) is 1.61. The number of methoxy groups -OCH3 is 1. The predicted octanol–water partition coefficient (Wildman–Crippen LogP) is 1.97. The van der Waals surface area contributed by atoms with Crippen LogP contribution in [0.2, 0.25) is 0 Å². The number of aliphatic carboxylic acids is 1. The fourth-order valence-corrected chi connectivity index (χ4v) is 3.33. The average molecular weight is 491 g/mol. The molecule has 1 aliphatic heterocycles. The number of hydrogen-bond donors (Lipinski definition) is 3. The van der Waals surface area contributed by atoms with Crippen molar-refractivity contribution in [2.24, 2.45) is 0 Å². The van der Waals surface area contributed by atoms with Crippen molar-refractivity contribution in [1.82, 2.24) is 15.5 Å². The summed E-state index contributed by atoms with van der Waals surface area (Å²) >= 11 is 0. The first-order valence-corrected chi connectivity index (χ1v) is 10.4. The number of carbonyl (C=O) groups excluding carboxylic acids is 3. The van der Waals surface area contributed by atoms with Crippen LogP contribution >= 0.6 is 0 Å². The summed E-state index contributed by atoms with van der Waals surface area (Å²) in [5.41, 5.74) is 0.971. The number of ketones is 1. The van der Waals surface area contributed by atoms with Gasteiger partial charge in [-0.15, -0.1) is 0 Å². The summed E-state index contributed by atoms with van der Waals surface area (Å²) in [4.78, 5) is 49.7. The minimum atomic E-state index is -1.38. The molecule has 2 aromatic rings. The monoisotopic (exact) mass is 491 g/mol. The third-order valence-electron chi connectivity index (χ3n) is 5.26. The van der Waals surface area contributed by atoms with Gasteiger partial charge in [0, 0.05) is 24.9 Å². The summed E-state index contributed by atoms with van der Waals surface area (Å²) in [7, 11) is 3.05. The Morgan fingerprint density at radius 1 is 1.09 bits per heavy atom. The molecular weight excluding hydrogens is 465 g/mol. The van der Waals surface area contributed by atoms with E-state index in [1.165, 1.54) is 18.0 Å². The molecule has 0 saturated heterocycles. The Morgan fingerprint density at radius 3 is 2.37 bits per heavy atom. The van der Waals surface area contributed by atoms with Crippen molar-refractivity contribution in [3.63, 3.8) is 0 Å². The number of rotatable bonds is 8. The van der Waals surface area contributed by atoms with Crippen molar-refractivity contribution in [2.45, 2.75) is 25.4 Å². The van der Waals surface area contributed by atoms with Gasteiger partial charge < -0.3 is 30.1 Å². The number of allylic oxidation sites excluding steroid dienone is 1. The summed E-state index contributed by atoms with van der Waals surface area (Å²) in [6, 6.07) is 10.4. The molecule has 0 radical (unpaired) electrons. The third-order valence-corrected chi connectivity index (χ3v) is 5.26. The van der Waals surface area contributed by atoms with Gasteiger partial charge in [0.05, 0.1) is 19.6 Å². The van der Waals surface area contributed by atoms with Crippen molar-refractivity contribution < 1.29 is 33.8 Å². The van der Waals surface area contributed by atoms with Crippen LogP contribution in [-0.2, 0) is 14.4 Å². The Hall–Kier alpha value is -3.34. The molecule has 35 heavy (non-hydrogen) atoms. The van der Waals surface area contributed by atoms with E-state index < -0.39 is 42.2 Å². The van der Waals surface area contributed by atoms with Gasteiger partial charge in [0.25, 0.3) is 5.91 Å². The summed E-state index contributed by atoms with van der Waals surface area (Å²) in [5, 5.41) is 14.2. The fraction of sp³-hybridized carbons (Fsp3) is 0.250. The van der Waals surface area contributed by atoms with Crippen LogP contribution in [0.1, 0.15) is 24.9 Å². The molecule has 1 heterocycles. The molecule has 10 nitrogen and oxygen atoms in total. The zero-order valence-corrected chi connectivity index (χ0v) is 18.9. The molecule has 0 spiro atoms. The molecule has 3 rings (SSSR count). The van der Waals surface area contributed by atoms with Gasteiger partial charge in [-0.2, -0.15) is 0 Å². The van der Waals surface area contributed by atoms with Crippen molar-refractivity contribution in [3.05, 3.63) is 65.9 Å². The standard InChI is InChI=1S/C24H25N3O7.Na.H/c1-14-11-20(28)22(23(31)27(14)2)26-24(32)25-19(13-21(29)30)15-7-9-16(10-8-15)34-18-6-4-5-17(12-18)33-3;;/h4-12,19,22H,13H2,1-3H3,(H,29,30)(H2,25,26,32);;/t19-,22?;;/m0../s1. The molecule has 0 saturated carbocycles. The molecule has 2 atom stereocenters. The van der Waals surface area contributed by atoms with Crippen molar-refractivity contribution in [1.29, 1.82) is 0 Å². The topological polar surface area (TPSA) is 134 Å². The number of amides is 3. The van der Waals surface area contributed by atoms with Crippen molar-refractivity contribution in [3.8, 4) is 17.2 Å². The van der Waals surface area contributed by atoms with Crippen LogP contribution in [0.25, 0.3) is 0 Å². The number of benzene rings is 2. The molecule has 3 amide bonds. The van der Waals surface area contributed by atoms with Gasteiger partial charge >= 0.3 is 41.6 Å². The number of carbonyl (C=O) groups is 4. The molecule has 1 aliphatic rings. The van der Waals surface area contributed by atoms with Crippen molar-refractivity contribution in [2.75, 3.05) is 14.2 Å². The number of carboxylic acid groups (broad SMARTS) is 1. The number of nitrogens with zero attached hydrogens (tertiary/aromatic N) is 1. The molecular formula is C24H26N3NaO7. The number of urea groups is 1. The van der Waals surface area contributed by atoms with Crippen LogP contribution < -0.4 is 20.1 Å². The first kappa shape index (κ1) is 27.9. The first-order valence-electron chi connectivity index (χ1n) is 10.4. The maximum absolute atomic E-state index is 12.5. The van der Waals surface area contributed by atoms with Gasteiger partial charge in [-0.1, -0.05) is 18.2 Å². The Morgan fingerprint density at radius 2 is 1.74 bits per heavy atom. The molecule has 0 aromatic heterocycles. The van der Waals surface area contributed by atoms with Gasteiger partial charge in [0.15, 0.2) is 11.8 Å². The number of likely N-dealkylation sites (N-methyl/N-ethyl adjacent to an activating group) is 1. The van der Waals surface area contributed by atoms with Crippen molar-refractivity contribution >= 4 is 53.2 Å². The molecule has 0 bridgehead atoms. The Balaban J connectivity index is 0.00000432. The van der Waals surface area contributed by atoms with Gasteiger partial charge in [-0.05, 0) is 36.8 Å². The molecule has 3 N–H and O–H groups in total. The zero-order chi connectivity index (χ0) is 24.8. The quantitative estimate of drug-likeness (QED) is 0.380. The first-order chi connectivity index (χ1) is 16.2. The predicted molar refractivity (Wildman–Crippen MR) is 129 cm³/mol. The van der Waals surface area contributed by atoms with Crippen LogP contribution in [0.4, 0.5) is 4.79 Å². The van der Waals surface area contributed by atoms with Gasteiger partial charge in [-0.3, -0.25) is 14.4 Å². The van der Waals surface area contributed by atoms with Crippen LogP contribution in [0, 0.1) is 0 Å². The van der Waals surface area contributed by atoms with E-state index in [-0.39, 0.29) is 29.6 Å². The normalized spacial score (nSPS) is 15.9. The maximum atomic E-state index is 12.5. The molecule has 1 unspecified atom stereocenters. The fourth-order valence-electron chi connectivity index (χ4n) is 3.33. The summed E-state index contributed by atoms with van der Waals surface area (Å²) in [5.74, 6) is -0.566. The Labute approximate surface area is 224 Å². The van der Waals surface area contributed by atoms with E-state index in [9.17, 15) is 24.3 Å². The molecule has 2 aromatic carbocycles. The van der Waals surface area contributed by atoms with E-state index in [1.54, 1.807) is 62.6 Å². The van der Waals surface area contributed by atoms with Gasteiger partial charge in [0.1, 0.15) is 17.2 Å². The second-order valence-corrected chi connectivity index (χ2v) is 7.64. The van der Waals surface area contributed by atoms with Gasteiger partial charge in [0.2, 0.25) is 0 Å². The average Bonchev–Trinajstić information content (AvgIpc) is 2.80. The van der Waals surface area contributed by atoms with Gasteiger partial charge in [-0.25, -0.2) is 4.79 Å². The second-order valence-electron chi connectivity index (χ2n) is 7.64. The second kappa shape index (κ2) is 12.4. The van der Waals surface area contributed by atoms with E-state index in [4.69, 9.17) is 9.47 Å². The minimum absolute atomic E-state index is 0. The number of carboxylic acids is 1. The zero-order valence-electron chi connectivity index (χ0n) is 18.9. The molecule has 180 valence electrons. The summed E-state index contributed by atoms with van der Waals surface area (Å²) < 4.78 is 10.9.